The normalized spacial score (nSPS) is 26.1. The Morgan fingerprint density at radius 2 is 2.33 bits per heavy atom. The van der Waals surface area contributed by atoms with Crippen molar-refractivity contribution < 1.29 is 14.3 Å². The summed E-state index contributed by atoms with van der Waals surface area (Å²) in [4.78, 5) is 22.4. The van der Waals surface area contributed by atoms with Crippen LogP contribution in [-0.2, 0) is 14.3 Å². The topological polar surface area (TPSA) is 43.4 Å². The fourth-order valence-electron chi connectivity index (χ4n) is 2.02. The van der Waals surface area contributed by atoms with Gasteiger partial charge in [-0.15, -0.1) is 0 Å². The summed E-state index contributed by atoms with van der Waals surface area (Å²) in [5, 5.41) is 0. The quantitative estimate of drug-likeness (QED) is 0.528. The third-order valence-electron chi connectivity index (χ3n) is 2.73. The zero-order valence-corrected chi connectivity index (χ0v) is 9.36. The lowest BCUT2D eigenvalue weighted by Gasteiger charge is -2.17. The van der Waals surface area contributed by atoms with Gasteiger partial charge in [0.15, 0.2) is 0 Å². The molecule has 0 amide bonds. The van der Waals surface area contributed by atoms with E-state index in [-0.39, 0.29) is 23.8 Å². The molecule has 2 atom stereocenters. The summed E-state index contributed by atoms with van der Waals surface area (Å²) in [5.74, 6) is -0.124. The molecule has 1 saturated carbocycles. The van der Waals surface area contributed by atoms with Gasteiger partial charge in [-0.1, -0.05) is 12.2 Å². The molecule has 1 rings (SSSR count). The van der Waals surface area contributed by atoms with Crippen molar-refractivity contribution >= 4 is 11.8 Å². The highest BCUT2D eigenvalue weighted by molar-refractivity contribution is 5.84. The molecule has 1 fully saturated rings. The van der Waals surface area contributed by atoms with Gasteiger partial charge in [-0.05, 0) is 26.2 Å². The Hall–Kier alpha value is -1.12. The molecule has 15 heavy (non-hydrogen) atoms. The van der Waals surface area contributed by atoms with Crippen molar-refractivity contribution in [3.05, 3.63) is 12.2 Å². The standard InChI is InChI=1S/C12H18O3/c1-3-4-5-6-10-11(14)7-8-12(10)15-9(2)13/h3-4,10,12H,5-8H2,1-2H3/b4-3+. The molecular formula is C12H18O3. The minimum atomic E-state index is -0.286. The van der Waals surface area contributed by atoms with Gasteiger partial charge in [-0.2, -0.15) is 0 Å². The van der Waals surface area contributed by atoms with Gasteiger partial charge in [0.25, 0.3) is 0 Å². The number of ether oxygens (including phenoxy) is 1. The number of ketones is 1. The van der Waals surface area contributed by atoms with Gasteiger partial charge in [0, 0.05) is 13.3 Å². The van der Waals surface area contributed by atoms with Crippen LogP contribution in [0.15, 0.2) is 12.2 Å². The second-order valence-corrected chi connectivity index (χ2v) is 3.91. The number of rotatable bonds is 4. The van der Waals surface area contributed by atoms with Gasteiger partial charge in [-0.3, -0.25) is 9.59 Å². The molecule has 0 N–H and O–H groups in total. The third kappa shape index (κ3) is 3.50. The van der Waals surface area contributed by atoms with Crippen molar-refractivity contribution in [1.29, 1.82) is 0 Å². The highest BCUT2D eigenvalue weighted by atomic mass is 16.5. The Balaban J connectivity index is 2.48. The maximum atomic E-state index is 11.5. The average Bonchev–Trinajstić information content (AvgIpc) is 2.49. The van der Waals surface area contributed by atoms with Crippen LogP contribution in [0.3, 0.4) is 0 Å². The Kier molecular flexibility index (Phi) is 4.53. The molecule has 0 aromatic heterocycles. The summed E-state index contributed by atoms with van der Waals surface area (Å²) in [6.45, 7) is 3.35. The van der Waals surface area contributed by atoms with Crippen molar-refractivity contribution in [3.63, 3.8) is 0 Å². The van der Waals surface area contributed by atoms with Crippen LogP contribution < -0.4 is 0 Å². The van der Waals surface area contributed by atoms with E-state index in [2.05, 4.69) is 0 Å². The van der Waals surface area contributed by atoms with Gasteiger partial charge < -0.3 is 4.74 Å². The Bertz CT molecular complexity index is 268. The first-order chi connectivity index (χ1) is 7.15. The van der Waals surface area contributed by atoms with Crippen LogP contribution >= 0.6 is 0 Å². The summed E-state index contributed by atoms with van der Waals surface area (Å²) < 4.78 is 5.14. The summed E-state index contributed by atoms with van der Waals surface area (Å²) in [7, 11) is 0. The molecule has 1 aliphatic carbocycles. The molecule has 0 heterocycles. The molecule has 1 aliphatic rings. The van der Waals surface area contributed by atoms with E-state index in [1.807, 2.05) is 19.1 Å². The van der Waals surface area contributed by atoms with Gasteiger partial charge in [-0.25, -0.2) is 0 Å². The molecule has 0 aromatic rings. The minimum absolute atomic E-state index is 0.0786. The summed E-state index contributed by atoms with van der Waals surface area (Å²) in [6, 6.07) is 0. The summed E-state index contributed by atoms with van der Waals surface area (Å²) in [5.41, 5.74) is 0. The van der Waals surface area contributed by atoms with E-state index in [4.69, 9.17) is 4.74 Å². The van der Waals surface area contributed by atoms with Crippen LogP contribution in [0.4, 0.5) is 0 Å². The Morgan fingerprint density at radius 3 is 2.93 bits per heavy atom. The maximum Gasteiger partial charge on any atom is 0.302 e. The van der Waals surface area contributed by atoms with Gasteiger partial charge in [0.2, 0.25) is 0 Å². The first-order valence-electron chi connectivity index (χ1n) is 5.46. The number of hydrogen-bond donors (Lipinski definition) is 0. The molecule has 3 nitrogen and oxygen atoms in total. The number of allylic oxidation sites excluding steroid dienone is 2. The lowest BCUT2D eigenvalue weighted by molar-refractivity contribution is -0.148. The fourth-order valence-corrected chi connectivity index (χ4v) is 2.02. The smallest absolute Gasteiger partial charge is 0.302 e. The molecule has 2 unspecified atom stereocenters. The monoisotopic (exact) mass is 210 g/mol. The third-order valence-corrected chi connectivity index (χ3v) is 2.73. The predicted molar refractivity (Wildman–Crippen MR) is 57.3 cm³/mol. The van der Waals surface area contributed by atoms with Gasteiger partial charge in [0.05, 0.1) is 5.92 Å². The van der Waals surface area contributed by atoms with E-state index in [0.717, 1.165) is 12.8 Å². The molecule has 0 saturated heterocycles. The molecule has 0 spiro atoms. The van der Waals surface area contributed by atoms with Crippen LogP contribution in [0.5, 0.6) is 0 Å². The minimum Gasteiger partial charge on any atom is -0.462 e. The predicted octanol–water partition coefficient (Wildman–Crippen LogP) is 2.25. The summed E-state index contributed by atoms with van der Waals surface area (Å²) in [6.07, 6.45) is 6.75. The fraction of sp³-hybridized carbons (Fsp3) is 0.667. The van der Waals surface area contributed by atoms with Crippen molar-refractivity contribution in [1.82, 2.24) is 0 Å². The van der Waals surface area contributed by atoms with Gasteiger partial charge >= 0.3 is 5.97 Å². The largest absolute Gasteiger partial charge is 0.462 e. The lowest BCUT2D eigenvalue weighted by atomic mass is 9.98. The molecule has 0 radical (unpaired) electrons. The Labute approximate surface area is 90.5 Å². The van der Waals surface area contributed by atoms with Crippen molar-refractivity contribution in [2.45, 2.75) is 45.6 Å². The molecule has 84 valence electrons. The first kappa shape index (κ1) is 12.0. The van der Waals surface area contributed by atoms with E-state index < -0.39 is 0 Å². The van der Waals surface area contributed by atoms with E-state index in [0.29, 0.717) is 12.8 Å². The highest BCUT2D eigenvalue weighted by Gasteiger charge is 2.35. The van der Waals surface area contributed by atoms with Crippen LogP contribution in [0.1, 0.15) is 39.5 Å². The van der Waals surface area contributed by atoms with Crippen LogP contribution in [-0.4, -0.2) is 17.9 Å². The van der Waals surface area contributed by atoms with Crippen LogP contribution in [0, 0.1) is 5.92 Å². The summed E-state index contributed by atoms with van der Waals surface area (Å²) >= 11 is 0. The second-order valence-electron chi connectivity index (χ2n) is 3.91. The number of hydrogen-bond acceptors (Lipinski definition) is 3. The lowest BCUT2D eigenvalue weighted by Crippen LogP contribution is -2.24. The number of carbonyl (C=O) groups is 2. The molecular weight excluding hydrogens is 192 g/mol. The van der Waals surface area contributed by atoms with E-state index >= 15 is 0 Å². The number of Topliss-reactive ketones (excluding diaryl/α,β-unsaturated/α-hetero) is 1. The zero-order chi connectivity index (χ0) is 11.3. The SMILES string of the molecule is C/C=C/CCC1C(=O)CCC1OC(C)=O. The van der Waals surface area contributed by atoms with E-state index in [9.17, 15) is 9.59 Å². The first-order valence-corrected chi connectivity index (χ1v) is 5.46. The van der Waals surface area contributed by atoms with E-state index in [1.54, 1.807) is 0 Å². The molecule has 0 aromatic carbocycles. The Morgan fingerprint density at radius 1 is 1.60 bits per heavy atom. The van der Waals surface area contributed by atoms with Gasteiger partial charge in [0.1, 0.15) is 11.9 Å². The van der Waals surface area contributed by atoms with Crippen LogP contribution in [0.25, 0.3) is 0 Å². The van der Waals surface area contributed by atoms with Crippen molar-refractivity contribution in [2.75, 3.05) is 0 Å². The van der Waals surface area contributed by atoms with Crippen LogP contribution in [0.2, 0.25) is 0 Å². The number of esters is 1. The maximum absolute atomic E-state index is 11.5. The molecule has 0 aliphatic heterocycles. The number of carbonyl (C=O) groups excluding carboxylic acids is 2. The van der Waals surface area contributed by atoms with Crippen molar-refractivity contribution in [2.24, 2.45) is 5.92 Å². The average molecular weight is 210 g/mol. The zero-order valence-electron chi connectivity index (χ0n) is 9.36. The molecule has 3 heteroatoms. The van der Waals surface area contributed by atoms with E-state index in [1.165, 1.54) is 6.92 Å². The second kappa shape index (κ2) is 5.69. The van der Waals surface area contributed by atoms with Crippen molar-refractivity contribution in [3.8, 4) is 0 Å². The molecule has 0 bridgehead atoms. The highest BCUT2D eigenvalue weighted by Crippen LogP contribution is 2.29.